The highest BCUT2D eigenvalue weighted by atomic mass is 32.2. The van der Waals surface area contributed by atoms with Gasteiger partial charge in [0.15, 0.2) is 0 Å². The Labute approximate surface area is 190 Å². The standard InChI is InChI=1S/C24H48N4OS/c1-4-11-24(28-17-9-10-18-28)13-8-6-5-7-12-23(14-16-27-29)26-21-30-19-15-22(2)20-25-3/h15,19,23-27,29H,2,4-14,16-18,20-21H2,1,3H3/b19-15-. The van der Waals surface area contributed by atoms with Gasteiger partial charge in [-0.1, -0.05) is 51.7 Å². The molecule has 0 saturated carbocycles. The minimum absolute atomic E-state index is 0.462. The summed E-state index contributed by atoms with van der Waals surface area (Å²) in [7, 11) is 1.94. The highest BCUT2D eigenvalue weighted by Gasteiger charge is 2.20. The number of nitrogens with zero attached hydrogens (tertiary/aromatic N) is 1. The van der Waals surface area contributed by atoms with E-state index in [0.29, 0.717) is 12.6 Å². The Morgan fingerprint density at radius 2 is 1.83 bits per heavy atom. The van der Waals surface area contributed by atoms with Crippen molar-refractivity contribution in [2.45, 2.75) is 89.6 Å². The fraction of sp³-hybridized carbons (Fsp3) is 0.833. The second kappa shape index (κ2) is 19.3. The molecular formula is C24H48N4OS. The first-order valence-corrected chi connectivity index (χ1v) is 13.2. The zero-order valence-electron chi connectivity index (χ0n) is 19.6. The van der Waals surface area contributed by atoms with E-state index in [4.69, 9.17) is 5.21 Å². The van der Waals surface area contributed by atoms with E-state index in [9.17, 15) is 0 Å². The fourth-order valence-corrected chi connectivity index (χ4v) is 5.02. The topological polar surface area (TPSA) is 59.6 Å². The van der Waals surface area contributed by atoms with Gasteiger partial charge in [-0.05, 0) is 69.6 Å². The van der Waals surface area contributed by atoms with Crippen LogP contribution in [0.2, 0.25) is 0 Å². The molecule has 1 heterocycles. The molecule has 30 heavy (non-hydrogen) atoms. The summed E-state index contributed by atoms with van der Waals surface area (Å²) in [5, 5.41) is 17.8. The van der Waals surface area contributed by atoms with E-state index in [0.717, 1.165) is 30.5 Å². The van der Waals surface area contributed by atoms with Gasteiger partial charge in [-0.3, -0.25) is 0 Å². The Morgan fingerprint density at radius 1 is 1.10 bits per heavy atom. The summed E-state index contributed by atoms with van der Waals surface area (Å²) >= 11 is 1.77. The molecule has 1 rings (SSSR count). The van der Waals surface area contributed by atoms with Gasteiger partial charge >= 0.3 is 0 Å². The van der Waals surface area contributed by atoms with Crippen molar-refractivity contribution in [1.29, 1.82) is 0 Å². The SMILES string of the molecule is C=C(/C=C\SCNC(CCCCCCC(CCC)N1CCCC1)CCNO)CNC. The Balaban J connectivity index is 2.16. The maximum atomic E-state index is 8.95. The maximum absolute atomic E-state index is 8.95. The predicted molar refractivity (Wildman–Crippen MR) is 133 cm³/mol. The van der Waals surface area contributed by atoms with Crippen LogP contribution in [0.15, 0.2) is 23.6 Å². The number of rotatable bonds is 20. The molecule has 1 fully saturated rings. The summed E-state index contributed by atoms with van der Waals surface area (Å²) < 4.78 is 0. The number of likely N-dealkylation sites (N-methyl/N-ethyl adjacent to an activating group) is 1. The van der Waals surface area contributed by atoms with E-state index in [1.54, 1.807) is 11.8 Å². The molecule has 2 unspecified atom stereocenters. The van der Waals surface area contributed by atoms with E-state index >= 15 is 0 Å². The molecule has 0 amide bonds. The number of unbranched alkanes of at least 4 members (excludes halogenated alkanes) is 3. The third-order valence-electron chi connectivity index (χ3n) is 5.98. The molecule has 0 aromatic carbocycles. The van der Waals surface area contributed by atoms with Gasteiger partial charge in [0.05, 0.1) is 0 Å². The van der Waals surface area contributed by atoms with Gasteiger partial charge in [0.1, 0.15) is 0 Å². The first-order valence-electron chi connectivity index (χ1n) is 12.2. The highest BCUT2D eigenvalue weighted by molar-refractivity contribution is 8.02. The highest BCUT2D eigenvalue weighted by Crippen LogP contribution is 2.21. The Hall–Kier alpha value is -0.370. The molecule has 2 atom stereocenters. The molecule has 1 aliphatic rings. The smallest absolute Gasteiger partial charge is 0.0461 e. The average molecular weight is 441 g/mol. The molecule has 5 nitrogen and oxygen atoms in total. The van der Waals surface area contributed by atoms with Crippen LogP contribution >= 0.6 is 11.8 Å². The minimum atomic E-state index is 0.462. The largest absolute Gasteiger partial charge is 0.317 e. The first kappa shape index (κ1) is 27.7. The number of likely N-dealkylation sites (tertiary alicyclic amines) is 1. The van der Waals surface area contributed by atoms with Gasteiger partial charge in [-0.25, -0.2) is 5.48 Å². The third kappa shape index (κ3) is 13.8. The van der Waals surface area contributed by atoms with Crippen LogP contribution in [0.4, 0.5) is 0 Å². The zero-order chi connectivity index (χ0) is 21.9. The van der Waals surface area contributed by atoms with Crippen molar-refractivity contribution in [2.24, 2.45) is 0 Å². The average Bonchev–Trinajstić information content (AvgIpc) is 3.27. The third-order valence-corrected chi connectivity index (χ3v) is 6.64. The van der Waals surface area contributed by atoms with E-state index in [-0.39, 0.29) is 0 Å². The molecule has 1 saturated heterocycles. The number of hydrogen-bond donors (Lipinski definition) is 4. The Bertz CT molecular complexity index is 441. The molecule has 0 spiro atoms. The van der Waals surface area contributed by atoms with Crippen LogP contribution in [0.3, 0.4) is 0 Å². The van der Waals surface area contributed by atoms with Crippen molar-refractivity contribution in [1.82, 2.24) is 21.0 Å². The van der Waals surface area contributed by atoms with Crippen LogP contribution in [-0.4, -0.2) is 61.3 Å². The number of nitrogens with one attached hydrogen (secondary N) is 3. The van der Waals surface area contributed by atoms with Gasteiger partial charge in [0, 0.05) is 31.0 Å². The van der Waals surface area contributed by atoms with E-state index in [1.165, 1.54) is 77.3 Å². The molecule has 0 aromatic rings. The molecule has 4 N–H and O–H groups in total. The quantitative estimate of drug-likeness (QED) is 0.0935. The number of hydrogen-bond acceptors (Lipinski definition) is 6. The molecular weight excluding hydrogens is 392 g/mol. The van der Waals surface area contributed by atoms with Crippen LogP contribution < -0.4 is 16.1 Å². The monoisotopic (exact) mass is 440 g/mol. The van der Waals surface area contributed by atoms with Crippen molar-refractivity contribution in [3.63, 3.8) is 0 Å². The predicted octanol–water partition coefficient (Wildman–Crippen LogP) is 4.90. The summed E-state index contributed by atoms with van der Waals surface area (Å²) in [5.74, 6) is 0.897. The van der Waals surface area contributed by atoms with Crippen molar-refractivity contribution < 1.29 is 5.21 Å². The lowest BCUT2D eigenvalue weighted by molar-refractivity contribution is 0.161. The molecule has 1 aliphatic heterocycles. The molecule has 0 aromatic heterocycles. The zero-order valence-corrected chi connectivity index (χ0v) is 20.4. The summed E-state index contributed by atoms with van der Waals surface area (Å²) in [6.07, 6.45) is 16.4. The summed E-state index contributed by atoms with van der Waals surface area (Å²) in [4.78, 5) is 2.74. The lowest BCUT2D eigenvalue weighted by atomic mass is 10.00. The maximum Gasteiger partial charge on any atom is 0.0461 e. The van der Waals surface area contributed by atoms with Crippen LogP contribution in [-0.2, 0) is 0 Å². The lowest BCUT2D eigenvalue weighted by Crippen LogP contribution is -2.32. The first-order chi connectivity index (χ1) is 14.7. The molecule has 0 aliphatic carbocycles. The Kier molecular flexibility index (Phi) is 17.8. The van der Waals surface area contributed by atoms with Crippen LogP contribution in [0, 0.1) is 0 Å². The van der Waals surface area contributed by atoms with Gasteiger partial charge < -0.3 is 20.7 Å². The number of hydroxylamine groups is 1. The number of thioether (sulfide) groups is 1. The molecule has 176 valence electrons. The van der Waals surface area contributed by atoms with Crippen molar-refractivity contribution in [3.05, 3.63) is 23.6 Å². The molecule has 0 bridgehead atoms. The van der Waals surface area contributed by atoms with Crippen LogP contribution in [0.1, 0.15) is 77.6 Å². The minimum Gasteiger partial charge on any atom is -0.317 e. The summed E-state index contributed by atoms with van der Waals surface area (Å²) in [5.41, 5.74) is 3.40. The molecule has 6 heteroatoms. The van der Waals surface area contributed by atoms with Crippen LogP contribution in [0.25, 0.3) is 0 Å². The molecule has 0 radical (unpaired) electrons. The van der Waals surface area contributed by atoms with Crippen LogP contribution in [0.5, 0.6) is 0 Å². The van der Waals surface area contributed by atoms with Gasteiger partial charge in [-0.2, -0.15) is 0 Å². The van der Waals surface area contributed by atoms with Crippen molar-refractivity contribution in [3.8, 4) is 0 Å². The van der Waals surface area contributed by atoms with E-state index in [2.05, 4.69) is 46.0 Å². The van der Waals surface area contributed by atoms with E-state index < -0.39 is 0 Å². The Morgan fingerprint density at radius 3 is 2.50 bits per heavy atom. The fourth-order valence-electron chi connectivity index (χ4n) is 4.31. The second-order valence-corrected chi connectivity index (χ2v) is 9.47. The van der Waals surface area contributed by atoms with E-state index in [1.807, 2.05) is 7.05 Å². The van der Waals surface area contributed by atoms with Gasteiger partial charge in [0.25, 0.3) is 0 Å². The second-order valence-electron chi connectivity index (χ2n) is 8.58. The summed E-state index contributed by atoms with van der Waals surface area (Å²) in [6, 6.07) is 1.29. The van der Waals surface area contributed by atoms with Gasteiger partial charge in [-0.15, -0.1) is 11.8 Å². The van der Waals surface area contributed by atoms with Gasteiger partial charge in [0.2, 0.25) is 0 Å². The van der Waals surface area contributed by atoms with Crippen molar-refractivity contribution >= 4 is 11.8 Å². The summed E-state index contributed by atoms with van der Waals surface area (Å²) in [6.45, 7) is 10.5. The lowest BCUT2D eigenvalue weighted by Gasteiger charge is -2.27. The normalized spacial score (nSPS) is 17.0. The van der Waals surface area contributed by atoms with Crippen molar-refractivity contribution in [2.75, 3.05) is 39.1 Å².